The van der Waals surface area contributed by atoms with Crippen LogP contribution >= 0.6 is 0 Å². The maximum Gasteiger partial charge on any atom is 0.136 e. The molecule has 2 heteroatoms. The molecule has 2 nitrogen and oxygen atoms in total. The normalized spacial score (nSPS) is 12.0. The molecule has 0 fully saturated rings. The molecule has 0 saturated heterocycles. The zero-order valence-electron chi connectivity index (χ0n) is 9.76. The Morgan fingerprint density at radius 3 is 2.50 bits per heavy atom. The quantitative estimate of drug-likeness (QED) is 0.684. The van der Waals surface area contributed by atoms with Gasteiger partial charge in [-0.2, -0.15) is 0 Å². The first-order valence-electron chi connectivity index (χ1n) is 5.39. The van der Waals surface area contributed by atoms with Crippen LogP contribution in [0.2, 0.25) is 0 Å². The summed E-state index contributed by atoms with van der Waals surface area (Å²) in [6.45, 7) is 8.81. The summed E-state index contributed by atoms with van der Waals surface area (Å²) >= 11 is 0. The Hall–Kier alpha value is -0.790. The average molecular weight is 195 g/mol. The number of hydrogen-bond acceptors (Lipinski definition) is 2. The summed E-state index contributed by atoms with van der Waals surface area (Å²) in [6.07, 6.45) is 4.77. The molecule has 0 radical (unpaired) electrons. The Labute approximate surface area is 86.7 Å². The van der Waals surface area contributed by atoms with E-state index in [0.717, 1.165) is 17.9 Å². The van der Waals surface area contributed by atoms with Crippen molar-refractivity contribution in [3.8, 4) is 0 Å². The van der Waals surface area contributed by atoms with Crippen molar-refractivity contribution in [2.75, 3.05) is 0 Å². The molecule has 1 aromatic rings. The molecule has 0 saturated carbocycles. The van der Waals surface area contributed by atoms with E-state index in [-0.39, 0.29) is 0 Å². The molecule has 1 rings (SSSR count). The van der Waals surface area contributed by atoms with Crippen LogP contribution in [0.15, 0.2) is 10.6 Å². The largest absolute Gasteiger partial charge is 0.361 e. The highest BCUT2D eigenvalue weighted by Gasteiger charge is 2.09. The lowest BCUT2D eigenvalue weighted by atomic mass is 9.89. The molecule has 0 aliphatic carbocycles. The highest BCUT2D eigenvalue weighted by atomic mass is 16.5. The number of rotatable bonds is 4. The van der Waals surface area contributed by atoms with E-state index in [1.807, 2.05) is 13.0 Å². The molecule has 1 aromatic heterocycles. The first kappa shape index (κ1) is 11.3. The van der Waals surface area contributed by atoms with E-state index in [1.165, 1.54) is 19.3 Å². The fourth-order valence-corrected chi connectivity index (χ4v) is 1.49. The first-order valence-corrected chi connectivity index (χ1v) is 5.39. The van der Waals surface area contributed by atoms with Crippen molar-refractivity contribution in [3.05, 3.63) is 17.5 Å². The van der Waals surface area contributed by atoms with Crippen LogP contribution < -0.4 is 0 Å². The third kappa shape index (κ3) is 4.45. The molecule has 80 valence electrons. The summed E-state index contributed by atoms with van der Waals surface area (Å²) in [5, 5.41) is 3.87. The van der Waals surface area contributed by atoms with Gasteiger partial charge in [0.1, 0.15) is 5.76 Å². The van der Waals surface area contributed by atoms with Gasteiger partial charge in [-0.05, 0) is 25.2 Å². The minimum atomic E-state index is 0.456. The van der Waals surface area contributed by atoms with Gasteiger partial charge in [0.25, 0.3) is 0 Å². The highest BCUT2D eigenvalue weighted by Crippen LogP contribution is 2.22. The van der Waals surface area contributed by atoms with E-state index >= 15 is 0 Å². The molecular formula is C12H21NO. The van der Waals surface area contributed by atoms with Crippen LogP contribution in [-0.4, -0.2) is 5.16 Å². The van der Waals surface area contributed by atoms with Crippen LogP contribution in [0.25, 0.3) is 0 Å². The monoisotopic (exact) mass is 195 g/mol. The van der Waals surface area contributed by atoms with Gasteiger partial charge in [0.05, 0.1) is 5.69 Å². The average Bonchev–Trinajstić information content (AvgIpc) is 2.44. The molecule has 0 aliphatic heterocycles. The Morgan fingerprint density at radius 1 is 1.29 bits per heavy atom. The van der Waals surface area contributed by atoms with Gasteiger partial charge >= 0.3 is 0 Å². The maximum atomic E-state index is 5.15. The molecule has 0 amide bonds. The fraction of sp³-hybridized carbons (Fsp3) is 0.750. The van der Waals surface area contributed by atoms with Crippen molar-refractivity contribution in [2.24, 2.45) is 5.41 Å². The number of nitrogens with zero attached hydrogens (tertiary/aromatic N) is 1. The van der Waals surface area contributed by atoms with Crippen LogP contribution in [0.1, 0.15) is 51.5 Å². The minimum absolute atomic E-state index is 0.456. The number of aromatic nitrogens is 1. The summed E-state index contributed by atoms with van der Waals surface area (Å²) < 4.78 is 5.15. The number of aryl methyl sites for hydroxylation is 2. The van der Waals surface area contributed by atoms with Gasteiger partial charge < -0.3 is 4.52 Å². The van der Waals surface area contributed by atoms with Crippen molar-refractivity contribution in [1.82, 2.24) is 5.16 Å². The van der Waals surface area contributed by atoms with E-state index in [2.05, 4.69) is 25.9 Å². The van der Waals surface area contributed by atoms with Crippen molar-refractivity contribution < 1.29 is 4.52 Å². The van der Waals surface area contributed by atoms with Crippen molar-refractivity contribution in [3.63, 3.8) is 0 Å². The Morgan fingerprint density at radius 2 is 2.00 bits per heavy atom. The molecule has 1 heterocycles. The second-order valence-electron chi connectivity index (χ2n) is 5.20. The molecule has 0 aliphatic rings. The third-order valence-corrected chi connectivity index (χ3v) is 2.28. The summed E-state index contributed by atoms with van der Waals surface area (Å²) in [4.78, 5) is 0. The van der Waals surface area contributed by atoms with Crippen LogP contribution in [0, 0.1) is 12.3 Å². The van der Waals surface area contributed by atoms with Crippen LogP contribution in [0.5, 0.6) is 0 Å². The summed E-state index contributed by atoms with van der Waals surface area (Å²) in [5.41, 5.74) is 1.44. The van der Waals surface area contributed by atoms with Crippen molar-refractivity contribution in [1.29, 1.82) is 0 Å². The smallest absolute Gasteiger partial charge is 0.136 e. The lowest BCUT2D eigenvalue weighted by molar-refractivity contribution is 0.346. The topological polar surface area (TPSA) is 26.0 Å². The standard InChI is InChI=1S/C12H21NO/c1-10-9-11(14-13-10)7-5-6-8-12(2,3)4/h9H,5-8H2,1-4H3. The van der Waals surface area contributed by atoms with Gasteiger partial charge in [0.15, 0.2) is 0 Å². The molecular weight excluding hydrogens is 174 g/mol. The van der Waals surface area contributed by atoms with Gasteiger partial charge in [0, 0.05) is 12.5 Å². The van der Waals surface area contributed by atoms with E-state index in [0.29, 0.717) is 5.41 Å². The molecule has 0 N–H and O–H groups in total. The SMILES string of the molecule is Cc1cc(CCCCC(C)(C)C)on1. The zero-order valence-corrected chi connectivity index (χ0v) is 9.76. The lowest BCUT2D eigenvalue weighted by Crippen LogP contribution is -2.04. The van der Waals surface area contributed by atoms with Gasteiger partial charge in [-0.3, -0.25) is 0 Å². The van der Waals surface area contributed by atoms with E-state index in [4.69, 9.17) is 4.52 Å². The zero-order chi connectivity index (χ0) is 10.6. The molecule has 0 spiro atoms. The van der Waals surface area contributed by atoms with Crippen LogP contribution in [-0.2, 0) is 6.42 Å². The van der Waals surface area contributed by atoms with Gasteiger partial charge in [0.2, 0.25) is 0 Å². The van der Waals surface area contributed by atoms with Crippen LogP contribution in [0.4, 0.5) is 0 Å². The number of hydrogen-bond donors (Lipinski definition) is 0. The number of unbranched alkanes of at least 4 members (excludes halogenated alkanes) is 1. The highest BCUT2D eigenvalue weighted by molar-refractivity contribution is 5.02. The van der Waals surface area contributed by atoms with E-state index in [1.54, 1.807) is 0 Å². The van der Waals surface area contributed by atoms with Gasteiger partial charge in [-0.25, -0.2) is 0 Å². The molecule has 0 unspecified atom stereocenters. The van der Waals surface area contributed by atoms with Gasteiger partial charge in [-0.15, -0.1) is 0 Å². The first-order chi connectivity index (χ1) is 6.47. The Bertz CT molecular complexity index is 270. The molecule has 0 atom stereocenters. The van der Waals surface area contributed by atoms with Crippen molar-refractivity contribution >= 4 is 0 Å². The summed E-state index contributed by atoms with van der Waals surface area (Å²) in [5.74, 6) is 1.02. The Balaban J connectivity index is 2.16. The van der Waals surface area contributed by atoms with Gasteiger partial charge in [-0.1, -0.05) is 32.3 Å². The molecule has 14 heavy (non-hydrogen) atoms. The minimum Gasteiger partial charge on any atom is -0.361 e. The maximum absolute atomic E-state index is 5.15. The van der Waals surface area contributed by atoms with Crippen LogP contribution in [0.3, 0.4) is 0 Å². The van der Waals surface area contributed by atoms with Crippen molar-refractivity contribution in [2.45, 2.75) is 53.4 Å². The predicted molar refractivity (Wildman–Crippen MR) is 58.3 cm³/mol. The summed E-state index contributed by atoms with van der Waals surface area (Å²) in [7, 11) is 0. The van der Waals surface area contributed by atoms with E-state index in [9.17, 15) is 0 Å². The predicted octanol–water partition coefficient (Wildman–Crippen LogP) is 3.74. The second-order valence-corrected chi connectivity index (χ2v) is 5.20. The lowest BCUT2D eigenvalue weighted by Gasteiger charge is -2.17. The second kappa shape index (κ2) is 4.63. The molecule has 0 aromatic carbocycles. The molecule has 0 bridgehead atoms. The third-order valence-electron chi connectivity index (χ3n) is 2.28. The fourth-order valence-electron chi connectivity index (χ4n) is 1.49. The summed E-state index contributed by atoms with van der Waals surface area (Å²) in [6, 6.07) is 2.02. The van der Waals surface area contributed by atoms with E-state index < -0.39 is 0 Å². The Kier molecular flexibility index (Phi) is 3.73.